The van der Waals surface area contributed by atoms with Crippen LogP contribution in [-0.2, 0) is 10.3 Å². The van der Waals surface area contributed by atoms with Gasteiger partial charge in [-0.3, -0.25) is 9.20 Å². The molecule has 0 atom stereocenters. The van der Waals surface area contributed by atoms with Crippen molar-refractivity contribution in [1.29, 1.82) is 0 Å². The first-order valence-corrected chi connectivity index (χ1v) is 13.9. The van der Waals surface area contributed by atoms with Crippen LogP contribution in [0, 0.1) is 0 Å². The van der Waals surface area contributed by atoms with Gasteiger partial charge in [0.2, 0.25) is 5.82 Å². The number of fused-ring (bicyclic) bond motifs is 3. The molecule has 1 aliphatic carbocycles. The van der Waals surface area contributed by atoms with Crippen molar-refractivity contribution < 1.29 is 28.2 Å². The number of carbonyl (C=O) groups excluding carboxylic acids is 1. The fourth-order valence-electron chi connectivity index (χ4n) is 6.00. The molecule has 10 nitrogen and oxygen atoms in total. The average Bonchev–Trinajstić information content (AvgIpc) is 3.48. The van der Waals surface area contributed by atoms with Crippen LogP contribution < -0.4 is 5.32 Å². The van der Waals surface area contributed by atoms with E-state index in [0.717, 1.165) is 16.5 Å². The molecule has 6 aromatic rings. The number of hydrogen-bond acceptors (Lipinski definition) is 8. The molecular formula is C32H24F3N7O3. The van der Waals surface area contributed by atoms with Crippen LogP contribution >= 0.6 is 0 Å². The minimum absolute atomic E-state index is 0.272. The largest absolute Gasteiger partial charge is 0.471 e. The molecule has 0 unspecified atom stereocenters. The van der Waals surface area contributed by atoms with Gasteiger partial charge in [0.25, 0.3) is 0 Å². The van der Waals surface area contributed by atoms with Crippen LogP contribution in [0.1, 0.15) is 18.4 Å². The molecule has 1 amide bonds. The predicted molar refractivity (Wildman–Crippen MR) is 157 cm³/mol. The van der Waals surface area contributed by atoms with Crippen molar-refractivity contribution in [3.63, 3.8) is 0 Å². The first kappa shape index (κ1) is 28.5. The quantitative estimate of drug-likeness (QED) is 0.251. The summed E-state index contributed by atoms with van der Waals surface area (Å²) in [5.74, 6) is -1.22. The van der Waals surface area contributed by atoms with E-state index in [1.54, 1.807) is 53.3 Å². The Kier molecular flexibility index (Phi) is 6.60. The van der Waals surface area contributed by atoms with Crippen molar-refractivity contribution in [3.8, 4) is 34.0 Å². The Balaban J connectivity index is 1.33. The molecule has 1 aliphatic rings. The summed E-state index contributed by atoms with van der Waals surface area (Å²) in [6.07, 6.45) is -0.611. The van der Waals surface area contributed by atoms with E-state index in [0.29, 0.717) is 39.6 Å². The molecule has 0 radical (unpaired) electrons. The highest BCUT2D eigenvalue weighted by molar-refractivity contribution is 5.98. The second kappa shape index (κ2) is 10.4. The summed E-state index contributed by atoms with van der Waals surface area (Å²) in [4.78, 5) is 25.5. The van der Waals surface area contributed by atoms with Gasteiger partial charge in [-0.05, 0) is 29.3 Å². The minimum atomic E-state index is -5.11. The van der Waals surface area contributed by atoms with Crippen molar-refractivity contribution in [1.82, 2.24) is 34.9 Å². The molecule has 1 fully saturated rings. The van der Waals surface area contributed by atoms with Gasteiger partial charge in [-0.2, -0.15) is 13.2 Å². The monoisotopic (exact) mass is 611 g/mol. The first-order chi connectivity index (χ1) is 21.6. The zero-order valence-electron chi connectivity index (χ0n) is 23.4. The number of amides is 1. The van der Waals surface area contributed by atoms with Crippen LogP contribution in [0.5, 0.6) is 0 Å². The fourth-order valence-corrected chi connectivity index (χ4v) is 6.00. The Hall–Kier alpha value is -5.27. The van der Waals surface area contributed by atoms with E-state index in [1.165, 1.54) is 0 Å². The minimum Gasteiger partial charge on any atom is -0.393 e. The van der Waals surface area contributed by atoms with Gasteiger partial charge in [-0.25, -0.2) is 15.0 Å². The first-order valence-electron chi connectivity index (χ1n) is 13.9. The summed E-state index contributed by atoms with van der Waals surface area (Å²) in [7, 11) is 0. The van der Waals surface area contributed by atoms with E-state index in [4.69, 9.17) is 4.98 Å². The van der Waals surface area contributed by atoms with Gasteiger partial charge in [-0.1, -0.05) is 54.6 Å². The number of benzene rings is 2. The van der Waals surface area contributed by atoms with Crippen molar-refractivity contribution in [2.75, 3.05) is 6.61 Å². The summed E-state index contributed by atoms with van der Waals surface area (Å²) in [6, 6.07) is 21.8. The van der Waals surface area contributed by atoms with E-state index >= 15 is 0 Å². The zero-order valence-corrected chi connectivity index (χ0v) is 23.4. The highest BCUT2D eigenvalue weighted by atomic mass is 19.4. The van der Waals surface area contributed by atoms with Gasteiger partial charge >= 0.3 is 12.1 Å². The molecule has 0 bridgehead atoms. The highest BCUT2D eigenvalue weighted by Crippen LogP contribution is 2.49. The van der Waals surface area contributed by atoms with Crippen LogP contribution in [0.25, 0.3) is 50.6 Å². The molecule has 4 heterocycles. The average molecular weight is 612 g/mol. The molecule has 45 heavy (non-hydrogen) atoms. The van der Waals surface area contributed by atoms with Crippen LogP contribution in [0.3, 0.4) is 0 Å². The molecule has 3 N–H and O–H groups in total. The molecule has 2 aromatic carbocycles. The van der Waals surface area contributed by atoms with E-state index in [9.17, 15) is 28.2 Å². The Labute approximate surface area is 253 Å². The topological polar surface area (TPSA) is 138 Å². The smallest absolute Gasteiger partial charge is 0.393 e. The number of alkyl halides is 3. The molecule has 1 saturated carbocycles. The highest BCUT2D eigenvalue weighted by Gasteiger charge is 2.57. The fraction of sp³-hybridized carbons (Fsp3) is 0.188. The summed E-state index contributed by atoms with van der Waals surface area (Å²) < 4.78 is 41.4. The van der Waals surface area contributed by atoms with E-state index in [2.05, 4.69) is 25.5 Å². The third-order valence-electron chi connectivity index (χ3n) is 8.10. The lowest BCUT2D eigenvalue weighted by Gasteiger charge is -2.53. The number of aliphatic hydroxyl groups is 2. The Morgan fingerprint density at radius 1 is 0.933 bits per heavy atom. The maximum absolute atomic E-state index is 13.2. The van der Waals surface area contributed by atoms with Crippen LogP contribution in [0.2, 0.25) is 0 Å². The number of hydrogen-bond donors (Lipinski definition) is 3. The number of aliphatic hydroxyl groups excluding tert-OH is 1. The van der Waals surface area contributed by atoms with Gasteiger partial charge in [-0.15, -0.1) is 10.2 Å². The molecule has 4 aromatic heterocycles. The number of nitrogens with one attached hydrogen (secondary N) is 1. The van der Waals surface area contributed by atoms with E-state index in [-0.39, 0.29) is 12.8 Å². The molecule has 0 spiro atoms. The van der Waals surface area contributed by atoms with E-state index < -0.39 is 29.8 Å². The molecule has 0 aliphatic heterocycles. The Morgan fingerprint density at radius 2 is 1.64 bits per heavy atom. The summed E-state index contributed by atoms with van der Waals surface area (Å²) in [6.45, 7) is -0.644. The summed E-state index contributed by atoms with van der Waals surface area (Å²) in [5.41, 5.74) is 1.41. The maximum Gasteiger partial charge on any atom is 0.471 e. The van der Waals surface area contributed by atoms with Crippen LogP contribution in [0.4, 0.5) is 13.2 Å². The van der Waals surface area contributed by atoms with Crippen molar-refractivity contribution in [2.45, 2.75) is 30.2 Å². The molecule has 7 rings (SSSR count). The Morgan fingerprint density at radius 3 is 2.31 bits per heavy atom. The standard InChI is InChI=1S/C32H24F3N7O3/c33-32(34,35)29(44)39-31(16-30(45,17-31)18-43)21-9-7-20(8-10-21)25-22(19-5-2-1-3-6-19)15-23-24(38-25)11-14-42-27(23)40-41-28(42)26-36-12-4-13-37-26/h1-15,43,45H,16-18H2,(H,39,44). The second-order valence-electron chi connectivity index (χ2n) is 11.1. The second-order valence-corrected chi connectivity index (χ2v) is 11.1. The van der Waals surface area contributed by atoms with Gasteiger partial charge in [0.1, 0.15) is 0 Å². The number of rotatable bonds is 6. The number of halogens is 3. The lowest BCUT2D eigenvalue weighted by molar-refractivity contribution is -0.185. The molecular weight excluding hydrogens is 587 g/mol. The normalized spacial score (nSPS) is 19.8. The lowest BCUT2D eigenvalue weighted by Crippen LogP contribution is -2.65. The maximum atomic E-state index is 13.2. The van der Waals surface area contributed by atoms with Gasteiger partial charge in [0, 0.05) is 47.9 Å². The van der Waals surface area contributed by atoms with Gasteiger partial charge < -0.3 is 15.5 Å². The predicted octanol–water partition coefficient (Wildman–Crippen LogP) is 4.46. The zero-order chi connectivity index (χ0) is 31.4. The molecule has 13 heteroatoms. The van der Waals surface area contributed by atoms with Crippen LogP contribution in [0.15, 0.2) is 91.4 Å². The Bertz CT molecular complexity index is 2040. The molecule has 0 saturated heterocycles. The SMILES string of the molecule is O=C(NC1(c2ccc(-c3nc4ccn5c(-c6ncccn6)nnc5c4cc3-c3ccccc3)cc2)CC(O)(CO)C1)C(F)(F)F. The summed E-state index contributed by atoms with van der Waals surface area (Å²) in [5, 5.41) is 31.5. The number of nitrogens with zero attached hydrogens (tertiary/aromatic N) is 6. The number of carbonyl (C=O) groups is 1. The van der Waals surface area contributed by atoms with E-state index in [1.807, 2.05) is 42.5 Å². The van der Waals surface area contributed by atoms with Crippen molar-refractivity contribution >= 4 is 22.5 Å². The number of aromatic nitrogens is 6. The van der Waals surface area contributed by atoms with Crippen molar-refractivity contribution in [2.24, 2.45) is 0 Å². The third kappa shape index (κ3) is 4.95. The van der Waals surface area contributed by atoms with Crippen LogP contribution in [-0.4, -0.2) is 64.1 Å². The molecule has 226 valence electrons. The van der Waals surface area contributed by atoms with Gasteiger partial charge in [0.15, 0.2) is 11.5 Å². The summed E-state index contributed by atoms with van der Waals surface area (Å²) >= 11 is 0. The third-order valence-corrected chi connectivity index (χ3v) is 8.10. The lowest BCUT2D eigenvalue weighted by atomic mass is 9.62. The number of pyridine rings is 2. The van der Waals surface area contributed by atoms with Crippen molar-refractivity contribution in [3.05, 3.63) is 97.0 Å². The van der Waals surface area contributed by atoms with Gasteiger partial charge in [0.05, 0.1) is 29.0 Å².